The van der Waals surface area contributed by atoms with Gasteiger partial charge in [-0.15, -0.1) is 0 Å². The van der Waals surface area contributed by atoms with Gasteiger partial charge in [0.15, 0.2) is 13.7 Å². The highest BCUT2D eigenvalue weighted by Crippen LogP contribution is 2.54. The van der Waals surface area contributed by atoms with E-state index in [1.165, 1.54) is 86.5 Å². The van der Waals surface area contributed by atoms with E-state index in [9.17, 15) is 0 Å². The Bertz CT molecular complexity index is 2460. The molecule has 0 radical (unpaired) electrons. The molecule has 0 saturated heterocycles. The predicted octanol–water partition coefficient (Wildman–Crippen LogP) is 10.8. The SMILES string of the molecule is Cc1ccccc1-c1ccc2ccc3ccc4ccc5c6c7ccc(C(C)(C)C)cc7cc[n+]6p6c1c2c3c4c56. The van der Waals surface area contributed by atoms with E-state index in [4.69, 9.17) is 0 Å². The molecule has 0 aliphatic carbocycles. The third-order valence-electron chi connectivity index (χ3n) is 9.22. The summed E-state index contributed by atoms with van der Waals surface area (Å²) < 4.78 is 2.64. The van der Waals surface area contributed by atoms with Crippen LogP contribution in [0.4, 0.5) is 0 Å². The summed E-state index contributed by atoms with van der Waals surface area (Å²) in [6.07, 6.45) is 2.39. The summed E-state index contributed by atoms with van der Waals surface area (Å²) in [5.41, 5.74) is 6.93. The zero-order valence-electron chi connectivity index (χ0n) is 23.2. The van der Waals surface area contributed by atoms with E-state index >= 15 is 0 Å². The molecule has 9 rings (SSSR count). The molecule has 1 nitrogen and oxygen atoms in total. The Balaban J connectivity index is 1.61. The van der Waals surface area contributed by atoms with E-state index in [0.717, 1.165) is 0 Å². The average Bonchev–Trinajstić information content (AvgIpc) is 3.31. The maximum absolute atomic E-state index is 2.64. The zero-order chi connectivity index (χ0) is 26.9. The van der Waals surface area contributed by atoms with Crippen molar-refractivity contribution in [1.82, 2.24) is 0 Å². The lowest BCUT2D eigenvalue weighted by Crippen LogP contribution is -2.15. The van der Waals surface area contributed by atoms with Crippen LogP contribution in [0.5, 0.6) is 0 Å². The third-order valence-corrected chi connectivity index (χ3v) is 11.8. The first kappa shape index (κ1) is 22.6. The van der Waals surface area contributed by atoms with Crippen molar-refractivity contribution in [3.63, 3.8) is 0 Å². The van der Waals surface area contributed by atoms with Crippen LogP contribution in [0.1, 0.15) is 31.9 Å². The van der Waals surface area contributed by atoms with Gasteiger partial charge in [-0.05, 0) is 73.7 Å². The number of nitrogens with zero attached hydrogens (tertiary/aromatic N) is 1. The number of pyridine rings is 1. The van der Waals surface area contributed by atoms with Crippen molar-refractivity contribution < 1.29 is 4.16 Å². The van der Waals surface area contributed by atoms with Crippen molar-refractivity contribution in [1.29, 1.82) is 0 Å². The van der Waals surface area contributed by atoms with Gasteiger partial charge in [-0.3, -0.25) is 0 Å². The van der Waals surface area contributed by atoms with Gasteiger partial charge < -0.3 is 0 Å². The third kappa shape index (κ3) is 2.76. The largest absolute Gasteiger partial charge is 0.228 e. The molecule has 190 valence electrons. The zero-order valence-corrected chi connectivity index (χ0v) is 24.1. The van der Waals surface area contributed by atoms with Crippen LogP contribution in [-0.2, 0) is 5.41 Å². The van der Waals surface area contributed by atoms with Gasteiger partial charge in [0.25, 0.3) is 0 Å². The van der Waals surface area contributed by atoms with Gasteiger partial charge in [0.05, 0.1) is 21.0 Å². The minimum Gasteiger partial charge on any atom is -0.153 e. The van der Waals surface area contributed by atoms with E-state index in [1.54, 1.807) is 0 Å². The number of benzene rings is 6. The smallest absolute Gasteiger partial charge is 0.153 e. The quantitative estimate of drug-likeness (QED) is 0.147. The van der Waals surface area contributed by atoms with Gasteiger partial charge in [0, 0.05) is 16.8 Å². The molecule has 1 atom stereocenters. The van der Waals surface area contributed by atoms with E-state index in [1.807, 2.05) is 0 Å². The van der Waals surface area contributed by atoms with Crippen LogP contribution in [0.2, 0.25) is 0 Å². The summed E-state index contributed by atoms with van der Waals surface area (Å²) in [4.78, 5) is 0. The molecule has 0 saturated carbocycles. The van der Waals surface area contributed by atoms with Crippen LogP contribution in [0.25, 0.3) is 75.4 Å². The highest BCUT2D eigenvalue weighted by Gasteiger charge is 2.29. The van der Waals surface area contributed by atoms with Crippen molar-refractivity contribution in [2.24, 2.45) is 0 Å². The predicted molar refractivity (Wildman–Crippen MR) is 174 cm³/mol. The van der Waals surface area contributed by atoms with Gasteiger partial charge in [-0.2, -0.15) is 4.16 Å². The van der Waals surface area contributed by atoms with Crippen LogP contribution in [-0.4, -0.2) is 0 Å². The molecule has 0 bridgehead atoms. The molecule has 0 aliphatic heterocycles. The summed E-state index contributed by atoms with van der Waals surface area (Å²) >= 11 is 0. The highest BCUT2D eigenvalue weighted by atomic mass is 31.1. The van der Waals surface area contributed by atoms with Crippen LogP contribution in [0.3, 0.4) is 0 Å². The Morgan fingerprint density at radius 3 is 1.98 bits per heavy atom. The van der Waals surface area contributed by atoms with Gasteiger partial charge >= 0.3 is 0 Å². The summed E-state index contributed by atoms with van der Waals surface area (Å²) in [6, 6.07) is 37.2. The first-order chi connectivity index (χ1) is 19.4. The molecule has 3 heterocycles. The Kier molecular flexibility index (Phi) is 4.24. The molecule has 0 aliphatic rings. The Hall–Kier alpha value is -4.19. The second kappa shape index (κ2) is 7.51. The molecule has 0 N–H and O–H groups in total. The molecule has 1 unspecified atom stereocenters. The first-order valence-corrected chi connectivity index (χ1v) is 15.5. The lowest BCUT2D eigenvalue weighted by Gasteiger charge is -2.19. The van der Waals surface area contributed by atoms with Crippen LogP contribution >= 0.6 is 7.50 Å². The number of rotatable bonds is 1. The Morgan fingerprint density at radius 2 is 1.23 bits per heavy atom. The van der Waals surface area contributed by atoms with Crippen molar-refractivity contribution in [3.05, 3.63) is 114 Å². The molecule has 2 heteroatoms. The maximum atomic E-state index is 2.64. The van der Waals surface area contributed by atoms with E-state index in [2.05, 4.69) is 135 Å². The standard InChI is InChI=1S/C38H29NP/c1-22-7-5-6-8-28(22)30-16-13-24-11-9-23-10-12-25-14-17-31-35-29-18-15-27(38(2,3)4)21-26(29)19-20-39(35)40-36(30)33(24)32(23)34(25)37(31)40/h5-21H,1-4H3/q+1. The van der Waals surface area contributed by atoms with Crippen LogP contribution in [0.15, 0.2) is 103 Å². The number of aromatic nitrogens is 1. The van der Waals surface area contributed by atoms with Gasteiger partial charge in [-0.25, -0.2) is 0 Å². The second-order valence-corrected chi connectivity index (χ2v) is 14.5. The minimum atomic E-state index is -0.786. The van der Waals surface area contributed by atoms with Crippen LogP contribution in [0, 0.1) is 6.92 Å². The first-order valence-electron chi connectivity index (χ1n) is 14.2. The van der Waals surface area contributed by atoms with Crippen molar-refractivity contribution in [2.45, 2.75) is 33.1 Å². The number of hydrogen-bond donors (Lipinski definition) is 0. The number of fused-ring (bicyclic) bond motifs is 6. The van der Waals surface area contributed by atoms with E-state index in [0.29, 0.717) is 0 Å². The summed E-state index contributed by atoms with van der Waals surface area (Å²) in [7, 11) is -0.786. The fourth-order valence-electron chi connectivity index (χ4n) is 7.23. The Morgan fingerprint density at radius 1 is 0.575 bits per heavy atom. The topological polar surface area (TPSA) is 4.10 Å². The molecular formula is C38H29NP+. The van der Waals surface area contributed by atoms with Gasteiger partial charge in [-0.1, -0.05) is 99.6 Å². The average molecular weight is 531 g/mol. The maximum Gasteiger partial charge on any atom is 0.228 e. The summed E-state index contributed by atoms with van der Waals surface area (Å²) in [5, 5.41) is 15.5. The summed E-state index contributed by atoms with van der Waals surface area (Å²) in [6.45, 7) is 9.15. The molecule has 9 aromatic rings. The summed E-state index contributed by atoms with van der Waals surface area (Å²) in [5.74, 6) is 0. The van der Waals surface area contributed by atoms with E-state index in [-0.39, 0.29) is 5.41 Å². The fraction of sp³-hybridized carbons (Fsp3) is 0.132. The molecule has 3 aromatic heterocycles. The van der Waals surface area contributed by atoms with Crippen molar-refractivity contribution in [3.8, 4) is 11.1 Å². The molecule has 6 aromatic carbocycles. The van der Waals surface area contributed by atoms with Crippen molar-refractivity contribution >= 4 is 71.7 Å². The lowest BCUT2D eigenvalue weighted by molar-refractivity contribution is -0.428. The van der Waals surface area contributed by atoms with Gasteiger partial charge in [0.1, 0.15) is 0 Å². The lowest BCUT2D eigenvalue weighted by atomic mass is 9.86. The van der Waals surface area contributed by atoms with Gasteiger partial charge in [0.2, 0.25) is 5.52 Å². The molecule has 40 heavy (non-hydrogen) atoms. The fourth-order valence-corrected chi connectivity index (χ4v) is 10.2. The molecular weight excluding hydrogens is 501 g/mol. The Labute approximate surface area is 234 Å². The molecule has 0 fully saturated rings. The molecule has 0 spiro atoms. The number of aryl methyl sites for hydroxylation is 1. The number of hydrogen-bond acceptors (Lipinski definition) is 0. The van der Waals surface area contributed by atoms with E-state index < -0.39 is 7.50 Å². The minimum absolute atomic E-state index is 0.120. The normalized spacial score (nSPS) is 13.4. The monoisotopic (exact) mass is 530 g/mol. The van der Waals surface area contributed by atoms with Crippen LogP contribution < -0.4 is 4.16 Å². The second-order valence-electron chi connectivity index (χ2n) is 12.5. The molecule has 0 amide bonds. The highest BCUT2D eigenvalue weighted by molar-refractivity contribution is 7.52. The van der Waals surface area contributed by atoms with Crippen molar-refractivity contribution in [2.75, 3.05) is 0 Å².